The molecule has 0 aliphatic carbocycles. The van der Waals surface area contributed by atoms with Gasteiger partial charge in [-0.2, -0.15) is 0 Å². The van der Waals surface area contributed by atoms with Crippen molar-refractivity contribution in [2.24, 2.45) is 0 Å². The van der Waals surface area contributed by atoms with Gasteiger partial charge in [-0.25, -0.2) is 9.97 Å². The summed E-state index contributed by atoms with van der Waals surface area (Å²) in [7, 11) is 0. The summed E-state index contributed by atoms with van der Waals surface area (Å²) in [6.07, 6.45) is 1.93. The molecule has 0 N–H and O–H groups in total. The molecule has 0 unspecified atom stereocenters. The van der Waals surface area contributed by atoms with E-state index in [1.54, 1.807) is 11.3 Å². The van der Waals surface area contributed by atoms with Gasteiger partial charge in [0.2, 0.25) is 0 Å². The topological polar surface area (TPSA) is 30.7 Å². The minimum Gasteiger partial charge on any atom is -0.280 e. The number of fused-ring (bicyclic) bond motifs is 1. The normalized spacial score (nSPS) is 11.2. The fourth-order valence-electron chi connectivity index (χ4n) is 2.72. The van der Waals surface area contributed by atoms with E-state index in [1.165, 1.54) is 4.88 Å². The summed E-state index contributed by atoms with van der Waals surface area (Å²) in [6.45, 7) is 4.14. The van der Waals surface area contributed by atoms with E-state index in [2.05, 4.69) is 51.1 Å². The van der Waals surface area contributed by atoms with E-state index in [0.29, 0.717) is 0 Å². The molecule has 108 valence electrons. The molecule has 1 aromatic carbocycles. The maximum atomic E-state index is 4.69. The Balaban J connectivity index is 1.90. The summed E-state index contributed by atoms with van der Waals surface area (Å²) in [5.41, 5.74) is 5.25. The van der Waals surface area contributed by atoms with Crippen LogP contribution in [-0.2, 0) is 0 Å². The average molecular weight is 305 g/mol. The summed E-state index contributed by atoms with van der Waals surface area (Å²) in [4.78, 5) is 10.6. The lowest BCUT2D eigenvalue weighted by Crippen LogP contribution is -1.96. The van der Waals surface area contributed by atoms with E-state index in [-0.39, 0.29) is 0 Å². The third-order valence-corrected chi connectivity index (χ3v) is 4.60. The van der Waals surface area contributed by atoms with E-state index in [4.69, 9.17) is 0 Å². The molecule has 3 heterocycles. The minimum atomic E-state index is 0.912. The Kier molecular flexibility index (Phi) is 3.05. The number of imidazole rings is 1. The van der Waals surface area contributed by atoms with Crippen LogP contribution in [0.25, 0.3) is 28.0 Å². The Morgan fingerprint density at radius 3 is 2.55 bits per heavy atom. The fourth-order valence-corrected chi connectivity index (χ4v) is 3.39. The van der Waals surface area contributed by atoms with Crippen LogP contribution in [0.4, 0.5) is 0 Å². The summed E-state index contributed by atoms with van der Waals surface area (Å²) in [6, 6.07) is 14.6. The first-order chi connectivity index (χ1) is 10.7. The Labute approximate surface area is 132 Å². The Morgan fingerprint density at radius 2 is 1.82 bits per heavy atom. The average Bonchev–Trinajstić information content (AvgIpc) is 3.09. The summed E-state index contributed by atoms with van der Waals surface area (Å²) < 4.78 is 2.12. The monoisotopic (exact) mass is 305 g/mol. The quantitative estimate of drug-likeness (QED) is 0.534. The third kappa shape index (κ3) is 2.12. The van der Waals surface area contributed by atoms with Gasteiger partial charge in [-0.15, -0.1) is 11.3 Å². The molecule has 3 aromatic heterocycles. The van der Waals surface area contributed by atoms with Crippen molar-refractivity contribution in [1.29, 1.82) is 0 Å². The molecule has 0 aliphatic rings. The lowest BCUT2D eigenvalue weighted by molar-refractivity contribution is 0.992. The second-order valence-corrected chi connectivity index (χ2v) is 6.46. The number of hydrogen-bond donors (Lipinski definition) is 0. The molecule has 0 aliphatic heterocycles. The van der Waals surface area contributed by atoms with Crippen LogP contribution in [0, 0.1) is 13.8 Å². The Morgan fingerprint density at radius 1 is 1.00 bits per heavy atom. The highest BCUT2D eigenvalue weighted by molar-refractivity contribution is 7.10. The summed E-state index contributed by atoms with van der Waals surface area (Å²) in [5, 5.41) is 2.15. The lowest BCUT2D eigenvalue weighted by Gasteiger charge is -2.04. The van der Waals surface area contributed by atoms with Gasteiger partial charge in [-0.05, 0) is 31.5 Å². The molecule has 0 atom stereocenters. The summed E-state index contributed by atoms with van der Waals surface area (Å²) in [5.74, 6) is 0.963. The summed E-state index contributed by atoms with van der Waals surface area (Å²) >= 11 is 1.74. The predicted molar refractivity (Wildman–Crippen MR) is 91.7 cm³/mol. The van der Waals surface area contributed by atoms with Crippen molar-refractivity contribution in [3.63, 3.8) is 0 Å². The van der Waals surface area contributed by atoms with Gasteiger partial charge in [-0.3, -0.25) is 4.57 Å². The molecule has 0 amide bonds. The molecular weight excluding hydrogens is 290 g/mol. The highest BCUT2D eigenvalue weighted by Crippen LogP contribution is 2.26. The highest BCUT2D eigenvalue weighted by atomic mass is 32.1. The third-order valence-electron chi connectivity index (χ3n) is 3.75. The zero-order valence-corrected chi connectivity index (χ0v) is 13.3. The van der Waals surface area contributed by atoms with Gasteiger partial charge in [0.15, 0.2) is 5.65 Å². The molecule has 22 heavy (non-hydrogen) atoms. The Bertz CT molecular complexity index is 951. The standard InChI is InChI=1S/C18H15N3S/c1-12-8-16(11-22-12)21-13(2)20-17-9-15(10-19-18(17)21)14-6-4-3-5-7-14/h3-11H,1-2H3. The molecule has 4 heteroatoms. The van der Waals surface area contributed by atoms with Crippen LogP contribution in [0.5, 0.6) is 0 Å². The molecule has 0 spiro atoms. The zero-order valence-electron chi connectivity index (χ0n) is 12.4. The predicted octanol–water partition coefficient (Wildman–Crippen LogP) is 4.77. The van der Waals surface area contributed by atoms with Crippen LogP contribution in [0.3, 0.4) is 0 Å². The van der Waals surface area contributed by atoms with Crippen molar-refractivity contribution in [3.05, 3.63) is 64.7 Å². The SMILES string of the molecule is Cc1cc(-n2c(C)nc3cc(-c4ccccc4)cnc32)cs1. The number of pyridine rings is 1. The lowest BCUT2D eigenvalue weighted by atomic mass is 10.1. The van der Waals surface area contributed by atoms with Crippen molar-refractivity contribution < 1.29 is 0 Å². The van der Waals surface area contributed by atoms with E-state index < -0.39 is 0 Å². The van der Waals surface area contributed by atoms with Crippen LogP contribution in [0.1, 0.15) is 10.7 Å². The number of benzene rings is 1. The minimum absolute atomic E-state index is 0.912. The molecule has 3 nitrogen and oxygen atoms in total. The number of aromatic nitrogens is 3. The van der Waals surface area contributed by atoms with Crippen LogP contribution in [0.2, 0.25) is 0 Å². The molecule has 0 saturated heterocycles. The smallest absolute Gasteiger partial charge is 0.164 e. The van der Waals surface area contributed by atoms with Gasteiger partial charge in [0, 0.05) is 22.0 Å². The van der Waals surface area contributed by atoms with Gasteiger partial charge >= 0.3 is 0 Å². The fraction of sp³-hybridized carbons (Fsp3) is 0.111. The number of nitrogens with zero attached hydrogens (tertiary/aromatic N) is 3. The van der Waals surface area contributed by atoms with E-state index in [1.807, 2.05) is 31.3 Å². The first-order valence-electron chi connectivity index (χ1n) is 7.18. The molecule has 0 bridgehead atoms. The molecule has 0 radical (unpaired) electrons. The number of hydrogen-bond acceptors (Lipinski definition) is 3. The largest absolute Gasteiger partial charge is 0.280 e. The van der Waals surface area contributed by atoms with Crippen molar-refractivity contribution >= 4 is 22.5 Å². The van der Waals surface area contributed by atoms with Crippen molar-refractivity contribution in [2.75, 3.05) is 0 Å². The first-order valence-corrected chi connectivity index (χ1v) is 8.06. The van der Waals surface area contributed by atoms with E-state index in [9.17, 15) is 0 Å². The number of aryl methyl sites for hydroxylation is 2. The van der Waals surface area contributed by atoms with Crippen molar-refractivity contribution in [2.45, 2.75) is 13.8 Å². The maximum Gasteiger partial charge on any atom is 0.164 e. The second kappa shape index (κ2) is 5.07. The van der Waals surface area contributed by atoms with Crippen molar-refractivity contribution in [1.82, 2.24) is 14.5 Å². The molecule has 4 aromatic rings. The number of thiophene rings is 1. The first kappa shape index (κ1) is 13.2. The van der Waals surface area contributed by atoms with Gasteiger partial charge in [-0.1, -0.05) is 30.3 Å². The van der Waals surface area contributed by atoms with Gasteiger partial charge in [0.1, 0.15) is 11.3 Å². The maximum absolute atomic E-state index is 4.69. The highest BCUT2D eigenvalue weighted by Gasteiger charge is 2.12. The van der Waals surface area contributed by atoms with E-state index >= 15 is 0 Å². The van der Waals surface area contributed by atoms with E-state index in [0.717, 1.165) is 33.8 Å². The zero-order chi connectivity index (χ0) is 15.1. The second-order valence-electron chi connectivity index (χ2n) is 5.34. The molecular formula is C18H15N3S. The van der Waals surface area contributed by atoms with Gasteiger partial charge in [0.25, 0.3) is 0 Å². The van der Waals surface area contributed by atoms with Crippen LogP contribution in [-0.4, -0.2) is 14.5 Å². The number of rotatable bonds is 2. The molecule has 0 fully saturated rings. The molecule has 0 saturated carbocycles. The van der Waals surface area contributed by atoms with Gasteiger partial charge < -0.3 is 0 Å². The van der Waals surface area contributed by atoms with Crippen LogP contribution >= 0.6 is 11.3 Å². The van der Waals surface area contributed by atoms with Gasteiger partial charge in [0.05, 0.1) is 5.69 Å². The van der Waals surface area contributed by atoms with Crippen LogP contribution in [0.15, 0.2) is 54.0 Å². The Hall–Kier alpha value is -2.46. The molecule has 4 rings (SSSR count). The van der Waals surface area contributed by atoms with Crippen molar-refractivity contribution in [3.8, 4) is 16.8 Å². The van der Waals surface area contributed by atoms with Crippen LogP contribution < -0.4 is 0 Å².